The van der Waals surface area contributed by atoms with Gasteiger partial charge in [0.2, 0.25) is 5.89 Å². The van der Waals surface area contributed by atoms with Crippen LogP contribution < -0.4 is 5.56 Å². The molecule has 2 heterocycles. The minimum atomic E-state index is -0.865. The van der Waals surface area contributed by atoms with Gasteiger partial charge in [-0.25, -0.2) is 9.48 Å². The highest BCUT2D eigenvalue weighted by atomic mass is 16.6. The number of aromatic nitrogens is 4. The van der Waals surface area contributed by atoms with Crippen LogP contribution in [0.1, 0.15) is 29.4 Å². The third-order valence-electron chi connectivity index (χ3n) is 3.57. The zero-order valence-corrected chi connectivity index (χ0v) is 14.2. The summed E-state index contributed by atoms with van der Waals surface area (Å²) in [6.45, 7) is 1.53. The van der Waals surface area contributed by atoms with Crippen LogP contribution in [0.25, 0.3) is 11.5 Å². The van der Waals surface area contributed by atoms with Gasteiger partial charge in [0.1, 0.15) is 0 Å². The van der Waals surface area contributed by atoms with Crippen molar-refractivity contribution in [2.24, 2.45) is 7.05 Å². The van der Waals surface area contributed by atoms with E-state index < -0.39 is 17.0 Å². The number of nitro groups is 1. The van der Waals surface area contributed by atoms with Crippen molar-refractivity contribution in [3.63, 3.8) is 0 Å². The topological polar surface area (TPSA) is 143 Å². The van der Waals surface area contributed by atoms with E-state index in [1.807, 2.05) is 0 Å². The number of esters is 1. The van der Waals surface area contributed by atoms with Crippen molar-refractivity contribution in [1.29, 1.82) is 0 Å². The average Bonchev–Trinajstić information content (AvgIpc) is 3.14. The van der Waals surface area contributed by atoms with Gasteiger partial charge in [-0.05, 0) is 25.1 Å². The SMILES string of the molecule is CC(OC(=O)c1ccc(=O)n(C)n1)c1nnc(-c2ccc([N+](=O)[O-])cc2)o1. The van der Waals surface area contributed by atoms with E-state index in [9.17, 15) is 19.7 Å². The summed E-state index contributed by atoms with van der Waals surface area (Å²) in [5.41, 5.74) is 0.0199. The van der Waals surface area contributed by atoms with Gasteiger partial charge in [-0.2, -0.15) is 5.10 Å². The van der Waals surface area contributed by atoms with Gasteiger partial charge in [-0.1, -0.05) is 0 Å². The number of carbonyl (C=O) groups excluding carboxylic acids is 1. The van der Waals surface area contributed by atoms with Crippen LogP contribution in [0.3, 0.4) is 0 Å². The summed E-state index contributed by atoms with van der Waals surface area (Å²) < 4.78 is 11.7. The van der Waals surface area contributed by atoms with Crippen molar-refractivity contribution in [3.8, 4) is 11.5 Å². The molecule has 138 valence electrons. The van der Waals surface area contributed by atoms with E-state index in [1.54, 1.807) is 0 Å². The monoisotopic (exact) mass is 371 g/mol. The number of aryl methyl sites for hydroxylation is 1. The molecule has 0 fully saturated rings. The molecule has 0 radical (unpaired) electrons. The van der Waals surface area contributed by atoms with E-state index in [-0.39, 0.29) is 28.7 Å². The molecule has 0 aliphatic heterocycles. The molecule has 1 aromatic carbocycles. The maximum absolute atomic E-state index is 12.1. The molecule has 0 saturated carbocycles. The number of hydrogen-bond acceptors (Lipinski definition) is 9. The fourth-order valence-corrected chi connectivity index (χ4v) is 2.12. The largest absolute Gasteiger partial charge is 0.448 e. The van der Waals surface area contributed by atoms with Gasteiger partial charge in [-0.3, -0.25) is 14.9 Å². The number of nitro benzene ring substituents is 1. The van der Waals surface area contributed by atoms with Crippen molar-refractivity contribution >= 4 is 11.7 Å². The highest BCUT2D eigenvalue weighted by Gasteiger charge is 2.21. The van der Waals surface area contributed by atoms with Gasteiger partial charge in [0.25, 0.3) is 17.1 Å². The Morgan fingerprint density at radius 3 is 2.56 bits per heavy atom. The molecular weight excluding hydrogens is 358 g/mol. The van der Waals surface area contributed by atoms with Crippen LogP contribution in [-0.2, 0) is 11.8 Å². The standard InChI is InChI=1S/C16H13N5O6/c1-9(26-16(23)12-7-8-13(22)20(2)19-12)14-17-18-15(27-14)10-3-5-11(6-4-10)21(24)25/h3-9H,1-2H3. The molecule has 0 amide bonds. The molecule has 0 spiro atoms. The smallest absolute Gasteiger partial charge is 0.359 e. The minimum absolute atomic E-state index is 0.0425. The molecule has 1 unspecified atom stereocenters. The second kappa shape index (κ2) is 7.15. The number of rotatable bonds is 5. The van der Waals surface area contributed by atoms with Crippen LogP contribution in [0.15, 0.2) is 45.6 Å². The normalized spacial score (nSPS) is 11.8. The van der Waals surface area contributed by atoms with E-state index in [2.05, 4.69) is 15.3 Å². The van der Waals surface area contributed by atoms with Gasteiger partial charge in [0.05, 0.1) is 4.92 Å². The summed E-state index contributed by atoms with van der Waals surface area (Å²) in [6.07, 6.45) is -0.865. The number of benzene rings is 1. The molecular formula is C16H13N5O6. The van der Waals surface area contributed by atoms with E-state index in [0.717, 1.165) is 4.68 Å². The van der Waals surface area contributed by atoms with Gasteiger partial charge >= 0.3 is 5.97 Å². The van der Waals surface area contributed by atoms with E-state index in [0.29, 0.717) is 5.56 Å². The van der Waals surface area contributed by atoms with E-state index in [1.165, 1.54) is 50.4 Å². The van der Waals surface area contributed by atoms with Crippen molar-refractivity contribution in [2.45, 2.75) is 13.0 Å². The molecule has 1 atom stereocenters. The summed E-state index contributed by atoms with van der Waals surface area (Å²) in [5.74, 6) is -0.585. The van der Waals surface area contributed by atoms with Crippen LogP contribution in [-0.4, -0.2) is 30.9 Å². The van der Waals surface area contributed by atoms with Crippen molar-refractivity contribution < 1.29 is 18.9 Å². The Kier molecular flexibility index (Phi) is 4.75. The summed E-state index contributed by atoms with van der Waals surface area (Å²) in [4.78, 5) is 33.6. The Balaban J connectivity index is 1.73. The first-order valence-corrected chi connectivity index (χ1v) is 7.68. The molecule has 2 aromatic heterocycles. The number of carbonyl (C=O) groups is 1. The Bertz CT molecular complexity index is 1060. The third-order valence-corrected chi connectivity index (χ3v) is 3.57. The van der Waals surface area contributed by atoms with Gasteiger partial charge in [-0.15, -0.1) is 10.2 Å². The van der Waals surface area contributed by atoms with Gasteiger partial charge in [0, 0.05) is 30.8 Å². The van der Waals surface area contributed by atoms with Crippen molar-refractivity contribution in [2.75, 3.05) is 0 Å². The second-order valence-corrected chi connectivity index (χ2v) is 5.48. The van der Waals surface area contributed by atoms with Crippen molar-refractivity contribution in [1.82, 2.24) is 20.0 Å². The number of hydrogen-bond donors (Lipinski definition) is 0. The molecule has 3 rings (SSSR count). The zero-order valence-electron chi connectivity index (χ0n) is 14.2. The minimum Gasteiger partial charge on any atom is -0.448 e. The summed E-state index contributed by atoms with van der Waals surface area (Å²) in [6, 6.07) is 8.03. The number of nitrogens with zero attached hydrogens (tertiary/aromatic N) is 5. The molecule has 0 bridgehead atoms. The highest BCUT2D eigenvalue weighted by Crippen LogP contribution is 2.24. The molecule has 0 aliphatic carbocycles. The fraction of sp³-hybridized carbons (Fsp3) is 0.188. The molecule has 0 aliphatic rings. The van der Waals surface area contributed by atoms with Crippen LogP contribution >= 0.6 is 0 Å². The molecule has 27 heavy (non-hydrogen) atoms. The fourth-order valence-electron chi connectivity index (χ4n) is 2.12. The first-order valence-electron chi connectivity index (χ1n) is 7.68. The lowest BCUT2D eigenvalue weighted by atomic mass is 10.2. The highest BCUT2D eigenvalue weighted by molar-refractivity contribution is 5.87. The molecule has 11 nitrogen and oxygen atoms in total. The van der Waals surface area contributed by atoms with Crippen LogP contribution in [0.5, 0.6) is 0 Å². The van der Waals surface area contributed by atoms with Crippen LogP contribution in [0.4, 0.5) is 5.69 Å². The number of ether oxygens (including phenoxy) is 1. The summed E-state index contributed by atoms with van der Waals surface area (Å²) in [5, 5.41) is 22.2. The Morgan fingerprint density at radius 2 is 1.93 bits per heavy atom. The Hall–Kier alpha value is -3.89. The lowest BCUT2D eigenvalue weighted by Gasteiger charge is -2.09. The lowest BCUT2D eigenvalue weighted by molar-refractivity contribution is -0.384. The van der Waals surface area contributed by atoms with E-state index in [4.69, 9.17) is 9.15 Å². The summed E-state index contributed by atoms with van der Waals surface area (Å²) in [7, 11) is 1.41. The van der Waals surface area contributed by atoms with Crippen molar-refractivity contribution in [3.05, 3.63) is 68.5 Å². The molecule has 3 aromatic rings. The number of non-ortho nitro benzene ring substituents is 1. The Labute approximate surface area is 151 Å². The van der Waals surface area contributed by atoms with Crippen LogP contribution in [0.2, 0.25) is 0 Å². The van der Waals surface area contributed by atoms with Gasteiger partial charge in [0.15, 0.2) is 11.8 Å². The summed E-state index contributed by atoms with van der Waals surface area (Å²) >= 11 is 0. The Morgan fingerprint density at radius 1 is 1.22 bits per heavy atom. The predicted molar refractivity (Wildman–Crippen MR) is 89.7 cm³/mol. The second-order valence-electron chi connectivity index (χ2n) is 5.48. The molecule has 11 heteroatoms. The zero-order chi connectivity index (χ0) is 19.6. The van der Waals surface area contributed by atoms with E-state index >= 15 is 0 Å². The van der Waals surface area contributed by atoms with Gasteiger partial charge < -0.3 is 9.15 Å². The predicted octanol–water partition coefficient (Wildman–Crippen LogP) is 1.66. The average molecular weight is 371 g/mol. The quantitative estimate of drug-likeness (QED) is 0.371. The lowest BCUT2D eigenvalue weighted by Crippen LogP contribution is -2.22. The molecule has 0 saturated heterocycles. The maximum atomic E-state index is 12.1. The molecule has 0 N–H and O–H groups in total. The first-order chi connectivity index (χ1) is 12.8. The van der Waals surface area contributed by atoms with Crippen LogP contribution in [0, 0.1) is 10.1 Å². The maximum Gasteiger partial charge on any atom is 0.359 e. The third kappa shape index (κ3) is 3.86. The first kappa shape index (κ1) is 17.9.